The van der Waals surface area contributed by atoms with Crippen LogP contribution in [0.5, 0.6) is 5.75 Å². The number of likely N-dealkylation sites (N-methyl/N-ethyl adjacent to an activating group) is 1. The van der Waals surface area contributed by atoms with E-state index in [-0.39, 0.29) is 5.78 Å². The predicted octanol–water partition coefficient (Wildman–Crippen LogP) is 3.40. The van der Waals surface area contributed by atoms with Crippen LogP contribution in [-0.2, 0) is 0 Å². The van der Waals surface area contributed by atoms with Crippen molar-refractivity contribution >= 4 is 11.5 Å². The average molecular weight is 269 g/mol. The SMILES string of the molecule is CCN(CC(=O)c1ccccc1)c1cccc(OC)c1. The van der Waals surface area contributed by atoms with Crippen LogP contribution in [0, 0.1) is 0 Å². The summed E-state index contributed by atoms with van der Waals surface area (Å²) in [6.07, 6.45) is 0. The molecular formula is C17H19NO2. The molecule has 0 unspecified atom stereocenters. The van der Waals surface area contributed by atoms with Crippen molar-refractivity contribution in [2.75, 3.05) is 25.1 Å². The van der Waals surface area contributed by atoms with Crippen LogP contribution in [0.4, 0.5) is 5.69 Å². The molecule has 0 aromatic heterocycles. The zero-order chi connectivity index (χ0) is 14.4. The van der Waals surface area contributed by atoms with Crippen molar-refractivity contribution in [2.24, 2.45) is 0 Å². The molecule has 0 bridgehead atoms. The second-order valence-electron chi connectivity index (χ2n) is 4.50. The number of carbonyl (C=O) groups excluding carboxylic acids is 1. The van der Waals surface area contributed by atoms with Gasteiger partial charge in [0.2, 0.25) is 0 Å². The van der Waals surface area contributed by atoms with Gasteiger partial charge in [-0.25, -0.2) is 0 Å². The molecule has 0 saturated heterocycles. The molecule has 0 heterocycles. The van der Waals surface area contributed by atoms with E-state index in [0.717, 1.165) is 23.5 Å². The Bertz CT molecular complexity index is 566. The molecule has 0 spiro atoms. The van der Waals surface area contributed by atoms with Crippen LogP contribution in [0.15, 0.2) is 54.6 Å². The number of ether oxygens (including phenoxy) is 1. The van der Waals surface area contributed by atoms with E-state index < -0.39 is 0 Å². The number of rotatable bonds is 6. The molecule has 2 aromatic rings. The number of hydrogen-bond acceptors (Lipinski definition) is 3. The van der Waals surface area contributed by atoms with Crippen LogP contribution in [0.3, 0.4) is 0 Å². The standard InChI is InChI=1S/C17H19NO2/c1-3-18(15-10-7-11-16(12-15)20-2)13-17(19)14-8-5-4-6-9-14/h4-12H,3,13H2,1-2H3. The number of Topliss-reactive ketones (excluding diaryl/α,β-unsaturated/α-hetero) is 1. The van der Waals surface area contributed by atoms with Gasteiger partial charge in [-0.2, -0.15) is 0 Å². The zero-order valence-electron chi connectivity index (χ0n) is 11.9. The molecule has 3 heteroatoms. The molecule has 0 radical (unpaired) electrons. The molecule has 3 nitrogen and oxygen atoms in total. The van der Waals surface area contributed by atoms with Crippen LogP contribution in [0.1, 0.15) is 17.3 Å². The van der Waals surface area contributed by atoms with Crippen molar-refractivity contribution in [3.05, 3.63) is 60.2 Å². The predicted molar refractivity (Wildman–Crippen MR) is 81.7 cm³/mol. The van der Waals surface area contributed by atoms with Crippen LogP contribution in [-0.4, -0.2) is 26.0 Å². The third kappa shape index (κ3) is 3.38. The summed E-state index contributed by atoms with van der Waals surface area (Å²) in [4.78, 5) is 14.3. The van der Waals surface area contributed by atoms with Gasteiger partial charge in [0.05, 0.1) is 13.7 Å². The van der Waals surface area contributed by atoms with Crippen molar-refractivity contribution in [2.45, 2.75) is 6.92 Å². The highest BCUT2D eigenvalue weighted by Gasteiger charge is 2.12. The van der Waals surface area contributed by atoms with Crippen molar-refractivity contribution in [1.29, 1.82) is 0 Å². The molecule has 0 fully saturated rings. The van der Waals surface area contributed by atoms with Gasteiger partial charge in [0.25, 0.3) is 0 Å². The molecule has 104 valence electrons. The summed E-state index contributed by atoms with van der Waals surface area (Å²) in [5.41, 5.74) is 1.74. The highest BCUT2D eigenvalue weighted by atomic mass is 16.5. The summed E-state index contributed by atoms with van der Waals surface area (Å²) in [6, 6.07) is 17.1. The molecule has 0 amide bonds. The topological polar surface area (TPSA) is 29.5 Å². The Morgan fingerprint density at radius 3 is 2.50 bits per heavy atom. The minimum atomic E-state index is 0.121. The van der Waals surface area contributed by atoms with Gasteiger partial charge in [0.1, 0.15) is 5.75 Å². The minimum absolute atomic E-state index is 0.121. The van der Waals surface area contributed by atoms with Crippen molar-refractivity contribution < 1.29 is 9.53 Å². The molecule has 0 aliphatic heterocycles. The third-order valence-corrected chi connectivity index (χ3v) is 3.23. The van der Waals surface area contributed by atoms with Gasteiger partial charge in [-0.3, -0.25) is 4.79 Å². The van der Waals surface area contributed by atoms with E-state index in [4.69, 9.17) is 4.74 Å². The maximum atomic E-state index is 12.3. The molecule has 0 atom stereocenters. The molecule has 0 N–H and O–H groups in total. The second kappa shape index (κ2) is 6.75. The Balaban J connectivity index is 2.14. The van der Waals surface area contributed by atoms with Crippen LogP contribution >= 0.6 is 0 Å². The first kappa shape index (κ1) is 14.1. The highest BCUT2D eigenvalue weighted by Crippen LogP contribution is 2.21. The lowest BCUT2D eigenvalue weighted by atomic mass is 10.1. The number of nitrogens with zero attached hydrogens (tertiary/aromatic N) is 1. The molecule has 0 aliphatic carbocycles. The molecule has 2 aromatic carbocycles. The first-order valence-electron chi connectivity index (χ1n) is 6.72. The fourth-order valence-corrected chi connectivity index (χ4v) is 2.08. The van der Waals surface area contributed by atoms with Gasteiger partial charge < -0.3 is 9.64 Å². The Labute approximate surface area is 119 Å². The Morgan fingerprint density at radius 2 is 1.85 bits per heavy atom. The Hall–Kier alpha value is -2.29. The van der Waals surface area contributed by atoms with Gasteiger partial charge in [-0.05, 0) is 19.1 Å². The number of carbonyl (C=O) groups is 1. The van der Waals surface area contributed by atoms with Crippen LogP contribution < -0.4 is 9.64 Å². The Morgan fingerprint density at radius 1 is 1.10 bits per heavy atom. The molecule has 0 saturated carbocycles. The van der Waals surface area contributed by atoms with Crippen LogP contribution in [0.2, 0.25) is 0 Å². The minimum Gasteiger partial charge on any atom is -0.497 e. The molecular weight excluding hydrogens is 250 g/mol. The average Bonchev–Trinajstić information content (AvgIpc) is 2.53. The molecule has 2 rings (SSSR count). The van der Waals surface area contributed by atoms with Gasteiger partial charge in [-0.1, -0.05) is 36.4 Å². The van der Waals surface area contributed by atoms with E-state index in [9.17, 15) is 4.79 Å². The summed E-state index contributed by atoms with van der Waals surface area (Å²) in [6.45, 7) is 3.18. The summed E-state index contributed by atoms with van der Waals surface area (Å²) in [5, 5.41) is 0. The number of methoxy groups -OCH3 is 1. The smallest absolute Gasteiger partial charge is 0.182 e. The summed E-state index contributed by atoms with van der Waals surface area (Å²) < 4.78 is 5.23. The van der Waals surface area contributed by atoms with Crippen molar-refractivity contribution in [3.8, 4) is 5.75 Å². The lowest BCUT2D eigenvalue weighted by Gasteiger charge is -2.22. The molecule has 0 aliphatic rings. The normalized spacial score (nSPS) is 10.1. The van der Waals surface area contributed by atoms with E-state index in [1.54, 1.807) is 7.11 Å². The zero-order valence-corrected chi connectivity index (χ0v) is 11.9. The van der Waals surface area contributed by atoms with E-state index in [1.165, 1.54) is 0 Å². The molecule has 20 heavy (non-hydrogen) atoms. The van der Waals surface area contributed by atoms with E-state index in [1.807, 2.05) is 66.4 Å². The first-order chi connectivity index (χ1) is 9.74. The van der Waals surface area contributed by atoms with E-state index in [0.29, 0.717) is 6.54 Å². The number of ketones is 1. The fraction of sp³-hybridized carbons (Fsp3) is 0.235. The number of benzene rings is 2. The number of anilines is 1. The fourth-order valence-electron chi connectivity index (χ4n) is 2.08. The van der Waals surface area contributed by atoms with Gasteiger partial charge >= 0.3 is 0 Å². The van der Waals surface area contributed by atoms with Gasteiger partial charge in [-0.15, -0.1) is 0 Å². The maximum Gasteiger partial charge on any atom is 0.182 e. The van der Waals surface area contributed by atoms with Gasteiger partial charge in [0.15, 0.2) is 5.78 Å². The quantitative estimate of drug-likeness (QED) is 0.753. The largest absolute Gasteiger partial charge is 0.497 e. The third-order valence-electron chi connectivity index (χ3n) is 3.23. The maximum absolute atomic E-state index is 12.3. The van der Waals surface area contributed by atoms with Gasteiger partial charge in [0, 0.05) is 23.9 Å². The monoisotopic (exact) mass is 269 g/mol. The lowest BCUT2D eigenvalue weighted by Crippen LogP contribution is -2.29. The second-order valence-corrected chi connectivity index (χ2v) is 4.50. The van der Waals surface area contributed by atoms with Crippen molar-refractivity contribution in [3.63, 3.8) is 0 Å². The first-order valence-corrected chi connectivity index (χ1v) is 6.72. The van der Waals surface area contributed by atoms with Crippen molar-refractivity contribution in [1.82, 2.24) is 0 Å². The van der Waals surface area contributed by atoms with E-state index >= 15 is 0 Å². The Kier molecular flexibility index (Phi) is 4.77. The summed E-state index contributed by atoms with van der Waals surface area (Å²) >= 11 is 0. The lowest BCUT2D eigenvalue weighted by molar-refractivity contribution is 0.0999. The van der Waals surface area contributed by atoms with Crippen LogP contribution in [0.25, 0.3) is 0 Å². The van der Waals surface area contributed by atoms with E-state index in [2.05, 4.69) is 0 Å². The summed E-state index contributed by atoms with van der Waals surface area (Å²) in [5.74, 6) is 0.920. The summed E-state index contributed by atoms with van der Waals surface area (Å²) in [7, 11) is 1.64. The highest BCUT2D eigenvalue weighted by molar-refractivity contribution is 5.99. The number of hydrogen-bond donors (Lipinski definition) is 0.